The SMILES string of the molecule is O=C(CCC(=O)c1ccc2c(c1)CCC2)OCc1cc(=O)oc2cc(Br)ccc12. The molecular weight excluding hydrogens is 436 g/mol. The molecule has 1 aliphatic rings. The molecule has 0 unspecified atom stereocenters. The molecule has 2 aromatic carbocycles. The van der Waals surface area contributed by atoms with E-state index in [4.69, 9.17) is 9.15 Å². The minimum atomic E-state index is -0.506. The maximum Gasteiger partial charge on any atom is 0.336 e. The number of Topliss-reactive ketones (excluding diaryl/α,β-unsaturated/α-hetero) is 1. The number of aryl methyl sites for hydroxylation is 2. The summed E-state index contributed by atoms with van der Waals surface area (Å²) in [6.45, 7) is -0.0460. The van der Waals surface area contributed by atoms with Gasteiger partial charge in [-0.05, 0) is 54.7 Å². The highest BCUT2D eigenvalue weighted by molar-refractivity contribution is 9.10. The molecule has 3 aromatic rings. The van der Waals surface area contributed by atoms with Crippen LogP contribution in [0.5, 0.6) is 0 Å². The maximum atomic E-state index is 12.4. The van der Waals surface area contributed by atoms with Crippen molar-refractivity contribution in [1.82, 2.24) is 0 Å². The molecule has 0 atom stereocenters. The lowest BCUT2D eigenvalue weighted by molar-refractivity contribution is -0.144. The summed E-state index contributed by atoms with van der Waals surface area (Å²) in [6.07, 6.45) is 3.31. The third kappa shape index (κ3) is 4.48. The molecule has 0 saturated heterocycles. The largest absolute Gasteiger partial charge is 0.461 e. The van der Waals surface area contributed by atoms with Gasteiger partial charge in [0, 0.05) is 33.5 Å². The quantitative estimate of drug-likeness (QED) is 0.305. The van der Waals surface area contributed by atoms with Gasteiger partial charge in [0.2, 0.25) is 0 Å². The van der Waals surface area contributed by atoms with E-state index >= 15 is 0 Å². The zero-order chi connectivity index (χ0) is 20.4. The molecule has 1 aromatic heterocycles. The summed E-state index contributed by atoms with van der Waals surface area (Å²) >= 11 is 3.33. The van der Waals surface area contributed by atoms with Crippen molar-refractivity contribution in [3.8, 4) is 0 Å². The predicted molar refractivity (Wildman–Crippen MR) is 112 cm³/mol. The zero-order valence-corrected chi connectivity index (χ0v) is 17.3. The van der Waals surface area contributed by atoms with Crippen LogP contribution in [0.2, 0.25) is 0 Å². The Labute approximate surface area is 175 Å². The molecule has 0 amide bonds. The second kappa shape index (κ2) is 8.33. The number of fused-ring (bicyclic) bond motifs is 2. The third-order valence-electron chi connectivity index (χ3n) is 5.16. The molecule has 0 radical (unpaired) electrons. The fraction of sp³-hybridized carbons (Fsp3) is 0.261. The van der Waals surface area contributed by atoms with E-state index in [0.29, 0.717) is 22.1 Å². The first-order valence-electron chi connectivity index (χ1n) is 9.52. The first-order chi connectivity index (χ1) is 14.0. The molecule has 0 N–H and O–H groups in total. The van der Waals surface area contributed by atoms with E-state index in [1.54, 1.807) is 12.1 Å². The van der Waals surface area contributed by atoms with Crippen molar-refractivity contribution in [2.45, 2.75) is 38.7 Å². The highest BCUT2D eigenvalue weighted by atomic mass is 79.9. The number of esters is 1. The Morgan fingerprint density at radius 2 is 1.83 bits per heavy atom. The van der Waals surface area contributed by atoms with Crippen LogP contribution in [0.3, 0.4) is 0 Å². The van der Waals surface area contributed by atoms with Crippen molar-refractivity contribution in [1.29, 1.82) is 0 Å². The second-order valence-electron chi connectivity index (χ2n) is 7.15. The van der Waals surface area contributed by atoms with Crippen LogP contribution in [-0.4, -0.2) is 11.8 Å². The summed E-state index contributed by atoms with van der Waals surface area (Å²) in [4.78, 5) is 36.3. The van der Waals surface area contributed by atoms with Crippen LogP contribution in [0.1, 0.15) is 46.3 Å². The molecule has 0 aliphatic heterocycles. The van der Waals surface area contributed by atoms with Crippen LogP contribution >= 0.6 is 15.9 Å². The summed E-state index contributed by atoms with van der Waals surface area (Å²) in [5.74, 6) is -0.537. The van der Waals surface area contributed by atoms with E-state index in [0.717, 1.165) is 23.7 Å². The van der Waals surface area contributed by atoms with Crippen LogP contribution in [0.4, 0.5) is 0 Å². The fourth-order valence-electron chi connectivity index (χ4n) is 3.66. The van der Waals surface area contributed by atoms with Gasteiger partial charge < -0.3 is 9.15 Å². The van der Waals surface area contributed by atoms with Crippen LogP contribution in [-0.2, 0) is 29.0 Å². The highest BCUT2D eigenvalue weighted by Gasteiger charge is 2.16. The van der Waals surface area contributed by atoms with Crippen LogP contribution in [0, 0.1) is 0 Å². The van der Waals surface area contributed by atoms with Gasteiger partial charge in [-0.1, -0.05) is 28.1 Å². The summed E-state index contributed by atoms with van der Waals surface area (Å²) in [5.41, 5.74) is 3.68. The molecule has 1 aliphatic carbocycles. The number of carbonyl (C=O) groups is 2. The Kier molecular flexibility index (Phi) is 5.62. The van der Waals surface area contributed by atoms with Crippen molar-refractivity contribution in [3.63, 3.8) is 0 Å². The Morgan fingerprint density at radius 1 is 1.00 bits per heavy atom. The monoisotopic (exact) mass is 454 g/mol. The summed E-state index contributed by atoms with van der Waals surface area (Å²) in [7, 11) is 0. The topological polar surface area (TPSA) is 73.6 Å². The lowest BCUT2D eigenvalue weighted by Gasteiger charge is -2.08. The Morgan fingerprint density at radius 3 is 2.69 bits per heavy atom. The van der Waals surface area contributed by atoms with E-state index in [9.17, 15) is 14.4 Å². The zero-order valence-electron chi connectivity index (χ0n) is 15.7. The van der Waals surface area contributed by atoms with Gasteiger partial charge in [0.05, 0.1) is 6.42 Å². The molecule has 1 heterocycles. The Bertz CT molecular complexity index is 1160. The third-order valence-corrected chi connectivity index (χ3v) is 5.65. The first-order valence-corrected chi connectivity index (χ1v) is 10.3. The number of benzene rings is 2. The molecule has 0 saturated carbocycles. The van der Waals surface area contributed by atoms with Gasteiger partial charge in [0.1, 0.15) is 12.2 Å². The summed E-state index contributed by atoms with van der Waals surface area (Å²) in [5, 5.41) is 0.704. The highest BCUT2D eigenvalue weighted by Crippen LogP contribution is 2.24. The van der Waals surface area contributed by atoms with E-state index in [-0.39, 0.29) is 25.2 Å². The number of rotatable bonds is 6. The number of hydrogen-bond donors (Lipinski definition) is 0. The van der Waals surface area contributed by atoms with Gasteiger partial charge in [-0.2, -0.15) is 0 Å². The number of halogens is 1. The lowest BCUT2D eigenvalue weighted by atomic mass is 10.0. The van der Waals surface area contributed by atoms with Crippen molar-refractivity contribution < 1.29 is 18.7 Å². The second-order valence-corrected chi connectivity index (χ2v) is 8.07. The van der Waals surface area contributed by atoms with Crippen molar-refractivity contribution in [2.75, 3.05) is 0 Å². The fourth-order valence-corrected chi connectivity index (χ4v) is 4.00. The standard InChI is InChI=1S/C23H19BrO5/c24-18-6-7-19-17(11-23(27)29-21(19)12-18)13-28-22(26)9-8-20(25)16-5-4-14-2-1-3-15(14)10-16/h4-7,10-12H,1-3,8-9,13H2. The number of ether oxygens (including phenoxy) is 1. The minimum Gasteiger partial charge on any atom is -0.461 e. The van der Waals surface area contributed by atoms with Gasteiger partial charge in [-0.15, -0.1) is 0 Å². The van der Waals surface area contributed by atoms with Gasteiger partial charge in [0.15, 0.2) is 5.78 Å². The first kappa shape index (κ1) is 19.6. The van der Waals surface area contributed by atoms with E-state index in [2.05, 4.69) is 15.9 Å². The van der Waals surface area contributed by atoms with Gasteiger partial charge >= 0.3 is 11.6 Å². The Balaban J connectivity index is 1.36. The summed E-state index contributed by atoms with van der Waals surface area (Å²) < 4.78 is 11.3. The average molecular weight is 455 g/mol. The van der Waals surface area contributed by atoms with E-state index in [1.165, 1.54) is 17.2 Å². The van der Waals surface area contributed by atoms with E-state index in [1.807, 2.05) is 24.3 Å². The number of hydrogen-bond acceptors (Lipinski definition) is 5. The van der Waals surface area contributed by atoms with Crippen molar-refractivity contribution in [3.05, 3.63) is 79.6 Å². The van der Waals surface area contributed by atoms with Crippen LogP contribution < -0.4 is 5.63 Å². The average Bonchev–Trinajstić information content (AvgIpc) is 3.17. The predicted octanol–water partition coefficient (Wildman–Crippen LogP) is 4.75. The molecule has 0 fully saturated rings. The van der Waals surface area contributed by atoms with Crippen LogP contribution in [0.15, 0.2) is 56.1 Å². The molecule has 29 heavy (non-hydrogen) atoms. The molecule has 5 nitrogen and oxygen atoms in total. The Hall–Kier alpha value is -2.73. The molecule has 6 heteroatoms. The van der Waals surface area contributed by atoms with Crippen LogP contribution in [0.25, 0.3) is 11.0 Å². The maximum absolute atomic E-state index is 12.4. The molecule has 0 spiro atoms. The van der Waals surface area contributed by atoms with Gasteiger partial charge in [-0.3, -0.25) is 9.59 Å². The smallest absolute Gasteiger partial charge is 0.336 e. The summed E-state index contributed by atoms with van der Waals surface area (Å²) in [6, 6.07) is 12.4. The van der Waals surface area contributed by atoms with Gasteiger partial charge in [-0.25, -0.2) is 4.79 Å². The number of carbonyl (C=O) groups excluding carboxylic acids is 2. The molecule has 0 bridgehead atoms. The minimum absolute atomic E-state index is 0.000833. The molecular formula is C23H19BrO5. The van der Waals surface area contributed by atoms with Crippen molar-refractivity contribution >= 4 is 38.7 Å². The lowest BCUT2D eigenvalue weighted by Crippen LogP contribution is -2.10. The van der Waals surface area contributed by atoms with E-state index < -0.39 is 11.6 Å². The normalized spacial score (nSPS) is 12.7. The molecule has 4 rings (SSSR count). The molecule has 148 valence electrons. The number of ketones is 1. The van der Waals surface area contributed by atoms with Crippen molar-refractivity contribution in [2.24, 2.45) is 0 Å². The van der Waals surface area contributed by atoms with Gasteiger partial charge in [0.25, 0.3) is 0 Å².